The molecule has 0 amide bonds. The molecule has 1 heterocycles. The van der Waals surface area contributed by atoms with Gasteiger partial charge in [-0.1, -0.05) is 12.1 Å². The van der Waals surface area contributed by atoms with E-state index in [0.717, 1.165) is 18.4 Å². The van der Waals surface area contributed by atoms with Gasteiger partial charge >= 0.3 is 0 Å². The third-order valence-corrected chi connectivity index (χ3v) is 4.82. The van der Waals surface area contributed by atoms with Gasteiger partial charge in [0, 0.05) is 11.8 Å². The van der Waals surface area contributed by atoms with E-state index >= 15 is 0 Å². The second-order valence-electron chi connectivity index (χ2n) is 6.35. The van der Waals surface area contributed by atoms with Gasteiger partial charge in [0.05, 0.1) is 5.69 Å². The van der Waals surface area contributed by atoms with Crippen LogP contribution < -0.4 is 0 Å². The van der Waals surface area contributed by atoms with Crippen molar-refractivity contribution in [3.63, 3.8) is 0 Å². The number of rotatable bonds is 4. The quantitative estimate of drug-likeness (QED) is 0.643. The normalized spacial score (nSPS) is 21.1. The van der Waals surface area contributed by atoms with Crippen LogP contribution in [0.15, 0.2) is 49.2 Å². The van der Waals surface area contributed by atoms with Gasteiger partial charge in [0.2, 0.25) is 0 Å². The van der Waals surface area contributed by atoms with Crippen LogP contribution in [0.2, 0.25) is 0 Å². The Bertz CT molecular complexity index is 671. The minimum atomic E-state index is -0.839. The molecule has 1 nitrogen and oxygen atoms in total. The predicted octanol–water partition coefficient (Wildman–Crippen LogP) is 5.88. The Labute approximate surface area is 136 Å². The maximum atomic E-state index is 13.3. The fourth-order valence-corrected chi connectivity index (χ4v) is 3.44. The van der Waals surface area contributed by atoms with Crippen molar-refractivity contribution in [3.8, 4) is 11.3 Å². The van der Waals surface area contributed by atoms with Crippen LogP contribution in [-0.2, 0) is 0 Å². The molecule has 0 aliphatic heterocycles. The summed E-state index contributed by atoms with van der Waals surface area (Å²) in [5.41, 5.74) is 2.52. The van der Waals surface area contributed by atoms with Crippen LogP contribution in [0.4, 0.5) is 8.78 Å². The van der Waals surface area contributed by atoms with Crippen molar-refractivity contribution in [1.82, 2.24) is 4.98 Å². The Kier molecular flexibility index (Phi) is 4.85. The first kappa shape index (κ1) is 15.9. The highest BCUT2D eigenvalue weighted by Gasteiger charge is 2.21. The predicted molar refractivity (Wildman–Crippen MR) is 89.1 cm³/mol. The van der Waals surface area contributed by atoms with Crippen molar-refractivity contribution >= 4 is 0 Å². The molecule has 2 aromatic rings. The second kappa shape index (κ2) is 7.03. The monoisotopic (exact) mass is 313 g/mol. The molecule has 0 bridgehead atoms. The molecule has 3 rings (SSSR count). The molecule has 1 aromatic heterocycles. The summed E-state index contributed by atoms with van der Waals surface area (Å²) in [6.45, 7) is 3.82. The van der Waals surface area contributed by atoms with Crippen LogP contribution >= 0.6 is 0 Å². The van der Waals surface area contributed by atoms with Crippen LogP contribution in [0, 0.1) is 17.6 Å². The third-order valence-electron chi connectivity index (χ3n) is 4.82. The van der Waals surface area contributed by atoms with Crippen LogP contribution in [0.5, 0.6) is 0 Å². The van der Waals surface area contributed by atoms with E-state index in [1.54, 1.807) is 6.07 Å². The summed E-state index contributed by atoms with van der Waals surface area (Å²) in [6, 6.07) is 7.86. The average molecular weight is 313 g/mol. The number of aromatic nitrogens is 1. The SMILES string of the molecule is C=CC[C@H]1CC[C@H](c2ccc(-c3ccc(F)c(F)c3)nc2)CC1. The molecule has 3 heteroatoms. The zero-order valence-corrected chi connectivity index (χ0v) is 13.1. The molecule has 120 valence electrons. The van der Waals surface area contributed by atoms with E-state index in [0.29, 0.717) is 17.2 Å². The average Bonchev–Trinajstić information content (AvgIpc) is 2.59. The van der Waals surface area contributed by atoms with Gasteiger partial charge < -0.3 is 0 Å². The molecule has 0 saturated heterocycles. The van der Waals surface area contributed by atoms with E-state index in [4.69, 9.17) is 0 Å². The van der Waals surface area contributed by atoms with Crippen LogP contribution in [0.1, 0.15) is 43.6 Å². The molecule has 1 aliphatic rings. The smallest absolute Gasteiger partial charge is 0.159 e. The van der Waals surface area contributed by atoms with Gasteiger partial charge in [-0.05, 0) is 73.8 Å². The Morgan fingerprint density at radius 1 is 1.04 bits per heavy atom. The maximum Gasteiger partial charge on any atom is 0.159 e. The van der Waals surface area contributed by atoms with E-state index < -0.39 is 11.6 Å². The van der Waals surface area contributed by atoms with E-state index in [-0.39, 0.29) is 0 Å². The summed E-state index contributed by atoms with van der Waals surface area (Å²) in [5.74, 6) is -0.337. The number of pyridine rings is 1. The molecule has 1 aromatic carbocycles. The first-order valence-electron chi connectivity index (χ1n) is 8.19. The molecule has 1 saturated carbocycles. The van der Waals surface area contributed by atoms with Crippen molar-refractivity contribution in [3.05, 3.63) is 66.4 Å². The molecular formula is C20H21F2N. The molecule has 0 N–H and O–H groups in total. The van der Waals surface area contributed by atoms with Crippen LogP contribution in [0.25, 0.3) is 11.3 Å². The van der Waals surface area contributed by atoms with Crippen molar-refractivity contribution in [2.24, 2.45) is 5.92 Å². The Morgan fingerprint density at radius 2 is 1.83 bits per heavy atom. The van der Waals surface area contributed by atoms with E-state index in [2.05, 4.69) is 17.6 Å². The molecule has 0 atom stereocenters. The maximum absolute atomic E-state index is 13.3. The van der Waals surface area contributed by atoms with Gasteiger partial charge in [-0.2, -0.15) is 0 Å². The first-order chi connectivity index (χ1) is 11.2. The van der Waals surface area contributed by atoms with Crippen molar-refractivity contribution in [1.29, 1.82) is 0 Å². The number of allylic oxidation sites excluding steroid dienone is 1. The number of halogens is 2. The molecule has 0 radical (unpaired) electrons. The van der Waals surface area contributed by atoms with Crippen molar-refractivity contribution in [2.75, 3.05) is 0 Å². The minimum Gasteiger partial charge on any atom is -0.256 e. The molecular weight excluding hydrogens is 292 g/mol. The van der Waals surface area contributed by atoms with Gasteiger partial charge in [0.15, 0.2) is 11.6 Å². The summed E-state index contributed by atoms with van der Waals surface area (Å²) in [4.78, 5) is 4.44. The Hall–Kier alpha value is -2.03. The lowest BCUT2D eigenvalue weighted by molar-refractivity contribution is 0.328. The van der Waals surface area contributed by atoms with Crippen LogP contribution in [-0.4, -0.2) is 4.98 Å². The second-order valence-corrected chi connectivity index (χ2v) is 6.35. The molecule has 0 unspecified atom stereocenters. The fourth-order valence-electron chi connectivity index (χ4n) is 3.44. The molecule has 23 heavy (non-hydrogen) atoms. The topological polar surface area (TPSA) is 12.9 Å². The summed E-state index contributed by atoms with van der Waals surface area (Å²) < 4.78 is 26.3. The van der Waals surface area contributed by atoms with Crippen molar-refractivity contribution in [2.45, 2.75) is 38.0 Å². The third kappa shape index (κ3) is 3.66. The van der Waals surface area contributed by atoms with Gasteiger partial charge in [-0.25, -0.2) is 8.78 Å². The van der Waals surface area contributed by atoms with Gasteiger partial charge in [0.25, 0.3) is 0 Å². The molecule has 0 spiro atoms. The standard InChI is InChI=1S/C20H21F2N/c1-2-3-14-4-6-15(7-5-14)17-9-11-20(23-13-17)16-8-10-18(21)19(22)12-16/h2,8-15H,1,3-7H2/t14-,15-. The van der Waals surface area contributed by atoms with Crippen LogP contribution in [0.3, 0.4) is 0 Å². The minimum absolute atomic E-state index is 0.558. The van der Waals surface area contributed by atoms with Crippen molar-refractivity contribution < 1.29 is 8.78 Å². The van der Waals surface area contributed by atoms with E-state index in [9.17, 15) is 8.78 Å². The highest BCUT2D eigenvalue weighted by molar-refractivity contribution is 5.59. The fraction of sp³-hybridized carbons (Fsp3) is 0.350. The first-order valence-corrected chi connectivity index (χ1v) is 8.19. The zero-order valence-electron chi connectivity index (χ0n) is 13.1. The molecule has 1 fully saturated rings. The number of nitrogens with zero attached hydrogens (tertiary/aromatic N) is 1. The van der Waals surface area contributed by atoms with E-state index in [1.165, 1.54) is 37.3 Å². The Balaban J connectivity index is 1.70. The number of benzene rings is 1. The summed E-state index contributed by atoms with van der Waals surface area (Å²) in [6.07, 6.45) is 9.86. The number of hydrogen-bond acceptors (Lipinski definition) is 1. The highest BCUT2D eigenvalue weighted by Crippen LogP contribution is 2.37. The lowest BCUT2D eigenvalue weighted by atomic mass is 9.78. The lowest BCUT2D eigenvalue weighted by Gasteiger charge is -2.28. The van der Waals surface area contributed by atoms with Gasteiger partial charge in [-0.15, -0.1) is 6.58 Å². The summed E-state index contributed by atoms with van der Waals surface area (Å²) in [7, 11) is 0. The molecule has 1 aliphatic carbocycles. The van der Waals surface area contributed by atoms with Gasteiger partial charge in [-0.3, -0.25) is 4.98 Å². The zero-order chi connectivity index (χ0) is 16.2. The highest BCUT2D eigenvalue weighted by atomic mass is 19.2. The summed E-state index contributed by atoms with van der Waals surface area (Å²) >= 11 is 0. The lowest BCUT2D eigenvalue weighted by Crippen LogP contribution is -2.13. The van der Waals surface area contributed by atoms with E-state index in [1.807, 2.05) is 18.3 Å². The largest absolute Gasteiger partial charge is 0.256 e. The van der Waals surface area contributed by atoms with Gasteiger partial charge in [0.1, 0.15) is 0 Å². The Morgan fingerprint density at radius 3 is 2.43 bits per heavy atom. The summed E-state index contributed by atoms with van der Waals surface area (Å²) in [5, 5.41) is 0. The number of hydrogen-bond donors (Lipinski definition) is 0.